The van der Waals surface area contributed by atoms with Gasteiger partial charge in [-0.25, -0.2) is 0 Å². The Morgan fingerprint density at radius 2 is 0.902 bits per heavy atom. The molecule has 1 aliphatic carbocycles. The summed E-state index contributed by atoms with van der Waals surface area (Å²) in [5.74, 6) is 1.54. The lowest BCUT2D eigenvalue weighted by molar-refractivity contribution is 0.584. The van der Waals surface area contributed by atoms with Gasteiger partial charge in [-0.2, -0.15) is 0 Å². The third-order valence-corrected chi connectivity index (χ3v) is 12.0. The summed E-state index contributed by atoms with van der Waals surface area (Å²) in [6.45, 7) is 2.29. The van der Waals surface area contributed by atoms with Gasteiger partial charge in [0, 0.05) is 27.6 Å². The van der Waals surface area contributed by atoms with Crippen molar-refractivity contribution in [3.63, 3.8) is 0 Å². The van der Waals surface area contributed by atoms with Gasteiger partial charge in [0.1, 0.15) is 0 Å². The average molecular weight is 784 g/mol. The monoisotopic (exact) mass is 783 g/mol. The van der Waals surface area contributed by atoms with Crippen LogP contribution in [0.1, 0.15) is 18.9 Å². The fourth-order valence-electron chi connectivity index (χ4n) is 8.93. The number of rotatable bonds is 8. The summed E-state index contributed by atoms with van der Waals surface area (Å²) < 4.78 is 8.48. The second-order valence-corrected chi connectivity index (χ2v) is 15.9. The van der Waals surface area contributed by atoms with Crippen LogP contribution in [0.4, 0.5) is 0 Å². The molecule has 2 heterocycles. The maximum Gasteiger partial charge on any atom is 0.248 e. The number of nitrogens with zero attached hydrogens (tertiary/aromatic N) is 3. The molecule has 4 nitrogen and oxygen atoms in total. The maximum atomic E-state index is 6.06. The maximum absolute atomic E-state index is 6.06. The van der Waals surface area contributed by atoms with Crippen molar-refractivity contribution in [2.24, 2.45) is 5.92 Å². The van der Waals surface area contributed by atoms with Gasteiger partial charge in [-0.3, -0.25) is 0 Å². The summed E-state index contributed by atoms with van der Waals surface area (Å²) in [5.41, 5.74) is 17.4. The van der Waals surface area contributed by atoms with Crippen LogP contribution in [-0.2, 0) is 0 Å². The van der Waals surface area contributed by atoms with Crippen LogP contribution >= 0.6 is 0 Å². The first kappa shape index (κ1) is 36.3. The van der Waals surface area contributed by atoms with E-state index in [0.717, 1.165) is 39.9 Å². The molecule has 0 saturated carbocycles. The molecule has 1 aliphatic rings. The molecule has 4 heteroatoms. The fraction of sp³-hybridized carbons (Fsp3) is 0.0526. The van der Waals surface area contributed by atoms with Crippen molar-refractivity contribution in [3.8, 4) is 73.1 Å². The number of hydrogen-bond donors (Lipinski definition) is 0. The molecular weight excluding hydrogens is 743 g/mol. The van der Waals surface area contributed by atoms with Crippen LogP contribution in [0.15, 0.2) is 217 Å². The minimum Gasteiger partial charge on any atom is -0.416 e. The van der Waals surface area contributed by atoms with Crippen molar-refractivity contribution in [1.29, 1.82) is 0 Å². The fourth-order valence-corrected chi connectivity index (χ4v) is 8.93. The summed E-state index contributed by atoms with van der Waals surface area (Å²) in [5, 5.41) is 11.2. The quantitative estimate of drug-likeness (QED) is 0.154. The molecular formula is C57H41N3O. The summed E-state index contributed by atoms with van der Waals surface area (Å²) in [7, 11) is 0. The Balaban J connectivity index is 0.952. The summed E-state index contributed by atoms with van der Waals surface area (Å²) in [6.07, 6.45) is 7.83. The van der Waals surface area contributed by atoms with E-state index in [1.807, 2.05) is 30.3 Å². The van der Waals surface area contributed by atoms with E-state index >= 15 is 0 Å². The van der Waals surface area contributed by atoms with Gasteiger partial charge in [0.15, 0.2) is 0 Å². The van der Waals surface area contributed by atoms with E-state index in [0.29, 0.717) is 17.7 Å². The predicted molar refractivity (Wildman–Crippen MR) is 252 cm³/mol. The van der Waals surface area contributed by atoms with Crippen LogP contribution in [0.5, 0.6) is 0 Å². The van der Waals surface area contributed by atoms with Gasteiger partial charge in [0.25, 0.3) is 0 Å². The van der Waals surface area contributed by atoms with Crippen LogP contribution in [0, 0.1) is 5.92 Å². The molecule has 10 aromatic rings. The molecule has 0 bridgehead atoms. The van der Waals surface area contributed by atoms with Gasteiger partial charge in [0.2, 0.25) is 11.8 Å². The number of allylic oxidation sites excluding steroid dienone is 4. The Morgan fingerprint density at radius 1 is 0.443 bits per heavy atom. The summed E-state index contributed by atoms with van der Waals surface area (Å²) in [4.78, 5) is 0. The molecule has 11 rings (SSSR count). The lowest BCUT2D eigenvalue weighted by atomic mass is 9.89. The number of benzene rings is 8. The van der Waals surface area contributed by atoms with Crippen LogP contribution in [-0.4, -0.2) is 14.8 Å². The Kier molecular flexibility index (Phi) is 9.16. The van der Waals surface area contributed by atoms with E-state index < -0.39 is 0 Å². The molecule has 2 aromatic heterocycles. The van der Waals surface area contributed by atoms with Crippen molar-refractivity contribution in [1.82, 2.24) is 14.8 Å². The van der Waals surface area contributed by atoms with E-state index in [1.54, 1.807) is 0 Å². The highest BCUT2D eigenvalue weighted by Crippen LogP contribution is 2.41. The van der Waals surface area contributed by atoms with Crippen LogP contribution in [0.3, 0.4) is 0 Å². The molecule has 0 amide bonds. The zero-order chi connectivity index (χ0) is 40.7. The molecule has 1 unspecified atom stereocenters. The number of fused-ring (bicyclic) bond motifs is 3. The molecule has 0 aliphatic heterocycles. The van der Waals surface area contributed by atoms with Crippen molar-refractivity contribution in [2.45, 2.75) is 13.3 Å². The zero-order valence-corrected chi connectivity index (χ0v) is 33.7. The Labute approximate surface area is 355 Å². The minimum absolute atomic E-state index is 0.500. The molecule has 8 aromatic carbocycles. The van der Waals surface area contributed by atoms with Crippen molar-refractivity contribution in [2.75, 3.05) is 0 Å². The van der Waals surface area contributed by atoms with Gasteiger partial charge in [-0.1, -0.05) is 159 Å². The van der Waals surface area contributed by atoms with Gasteiger partial charge >= 0.3 is 0 Å². The third-order valence-electron chi connectivity index (χ3n) is 12.0. The zero-order valence-electron chi connectivity index (χ0n) is 33.7. The lowest BCUT2D eigenvalue weighted by Crippen LogP contribution is -1.97. The van der Waals surface area contributed by atoms with Gasteiger partial charge in [-0.05, 0) is 129 Å². The second kappa shape index (κ2) is 15.4. The largest absolute Gasteiger partial charge is 0.416 e. The lowest BCUT2D eigenvalue weighted by Gasteiger charge is -2.16. The smallest absolute Gasteiger partial charge is 0.248 e. The van der Waals surface area contributed by atoms with Gasteiger partial charge in [0.05, 0.1) is 11.0 Å². The highest BCUT2D eigenvalue weighted by atomic mass is 16.4. The van der Waals surface area contributed by atoms with Crippen molar-refractivity contribution in [3.05, 3.63) is 218 Å². The molecule has 290 valence electrons. The third kappa shape index (κ3) is 6.78. The number of hydrogen-bond acceptors (Lipinski definition) is 3. The minimum atomic E-state index is 0.500. The predicted octanol–water partition coefficient (Wildman–Crippen LogP) is 15.1. The van der Waals surface area contributed by atoms with E-state index in [1.165, 1.54) is 60.8 Å². The van der Waals surface area contributed by atoms with Crippen molar-refractivity contribution >= 4 is 27.4 Å². The SMILES string of the molecule is CC1C=CC=C(c2ccc3c(c2)c2cc(-c4ccccc4)ccc2n3-c2ccc(-c3ccccc3-c3ccccc3-c3ccc(-c4nnc(-c5ccccc5)o4)cc3)cc2)C1. The Hall–Kier alpha value is -7.82. The summed E-state index contributed by atoms with van der Waals surface area (Å²) >= 11 is 0. The van der Waals surface area contributed by atoms with E-state index in [9.17, 15) is 0 Å². The standard InChI is InChI=1S/C57H41N3O/c1-38-13-12-18-44(35-38)46-30-34-55-53(37-46)52-36-45(39-14-4-2-5-15-39)29-33-54(52)60(55)47-31-27-41(28-32-47)49-20-9-11-22-51(49)50-21-10-8-19-48(50)40-23-25-43(26-24-40)57-59-58-56(61-57)42-16-6-3-7-17-42/h2-34,36-38H,35H2,1H3. The molecule has 0 fully saturated rings. The van der Waals surface area contributed by atoms with Gasteiger partial charge in [-0.15, -0.1) is 10.2 Å². The van der Waals surface area contributed by atoms with E-state index in [2.05, 4.69) is 204 Å². The Morgan fingerprint density at radius 3 is 1.49 bits per heavy atom. The number of aromatic nitrogens is 3. The first-order valence-electron chi connectivity index (χ1n) is 20.9. The molecule has 0 spiro atoms. The molecule has 61 heavy (non-hydrogen) atoms. The average Bonchev–Trinajstić information content (AvgIpc) is 3.96. The molecule has 0 radical (unpaired) electrons. The Bertz CT molecular complexity index is 3260. The van der Waals surface area contributed by atoms with Crippen LogP contribution < -0.4 is 0 Å². The van der Waals surface area contributed by atoms with Crippen molar-refractivity contribution < 1.29 is 4.42 Å². The van der Waals surface area contributed by atoms with Crippen LogP contribution in [0.2, 0.25) is 0 Å². The van der Waals surface area contributed by atoms with Gasteiger partial charge < -0.3 is 8.98 Å². The first-order valence-corrected chi connectivity index (χ1v) is 20.9. The second-order valence-electron chi connectivity index (χ2n) is 15.9. The van der Waals surface area contributed by atoms with E-state index in [4.69, 9.17) is 4.42 Å². The topological polar surface area (TPSA) is 43.9 Å². The van der Waals surface area contributed by atoms with Crippen LogP contribution in [0.25, 0.3) is 100 Å². The van der Waals surface area contributed by atoms with E-state index in [-0.39, 0.29) is 0 Å². The summed E-state index contributed by atoms with van der Waals surface area (Å²) in [6, 6.07) is 69.3. The highest BCUT2D eigenvalue weighted by molar-refractivity contribution is 6.11. The normalized spacial score (nSPS) is 13.8. The highest BCUT2D eigenvalue weighted by Gasteiger charge is 2.18. The first-order chi connectivity index (χ1) is 30.1. The molecule has 0 N–H and O–H groups in total. The molecule has 0 saturated heterocycles. The molecule has 1 atom stereocenters.